The topological polar surface area (TPSA) is 35.9 Å². The summed E-state index contributed by atoms with van der Waals surface area (Å²) in [6.07, 6.45) is 4.18. The van der Waals surface area contributed by atoms with Gasteiger partial charge in [-0.2, -0.15) is 0 Å². The number of para-hydroxylation sites is 2. The summed E-state index contributed by atoms with van der Waals surface area (Å²) < 4.78 is 0. The van der Waals surface area contributed by atoms with E-state index < -0.39 is 0 Å². The average Bonchev–Trinajstić information content (AvgIpc) is 3.15. The quantitative estimate of drug-likeness (QED) is 0.330. The zero-order valence-electron chi connectivity index (χ0n) is 20.8. The molecule has 0 radical (unpaired) electrons. The molecule has 4 nitrogen and oxygen atoms in total. The lowest BCUT2D eigenvalue weighted by Crippen LogP contribution is -2.44. The van der Waals surface area contributed by atoms with Crippen LogP contribution in [0.5, 0.6) is 0 Å². The molecule has 6 heteroatoms. The molecule has 1 saturated heterocycles. The van der Waals surface area contributed by atoms with Gasteiger partial charge in [0, 0.05) is 22.8 Å². The van der Waals surface area contributed by atoms with Crippen molar-refractivity contribution in [3.8, 4) is 0 Å². The van der Waals surface area contributed by atoms with Gasteiger partial charge in [0.25, 0.3) is 5.91 Å². The molecule has 36 heavy (non-hydrogen) atoms. The Hall–Kier alpha value is -3.28. The van der Waals surface area contributed by atoms with E-state index in [0.29, 0.717) is 15.1 Å². The van der Waals surface area contributed by atoms with Crippen molar-refractivity contribution >= 4 is 63.1 Å². The van der Waals surface area contributed by atoms with Gasteiger partial charge in [0.05, 0.1) is 21.8 Å². The molecule has 1 amide bonds. The smallest absolute Gasteiger partial charge is 0.271 e. The number of benzene rings is 3. The minimum Gasteiger partial charge on any atom is -0.363 e. The highest BCUT2D eigenvalue weighted by Gasteiger charge is 2.35. The Balaban J connectivity index is 1.59. The van der Waals surface area contributed by atoms with E-state index in [1.54, 1.807) is 4.90 Å². The summed E-state index contributed by atoms with van der Waals surface area (Å²) in [6.45, 7) is 9.60. The summed E-state index contributed by atoms with van der Waals surface area (Å²) in [5, 5.41) is 1.24. The Kier molecular flexibility index (Phi) is 6.54. The summed E-state index contributed by atoms with van der Waals surface area (Å²) >= 11 is 8.18. The van der Waals surface area contributed by atoms with Gasteiger partial charge in [-0.3, -0.25) is 9.69 Å². The molecule has 0 N–H and O–H groups in total. The van der Waals surface area contributed by atoms with E-state index in [-0.39, 0.29) is 11.4 Å². The van der Waals surface area contributed by atoms with Gasteiger partial charge in [0.15, 0.2) is 5.17 Å². The maximum absolute atomic E-state index is 13.7. The molecule has 5 rings (SSSR count). The van der Waals surface area contributed by atoms with Gasteiger partial charge in [-0.1, -0.05) is 54.1 Å². The number of nitrogens with zero attached hydrogens (tertiary/aromatic N) is 3. The van der Waals surface area contributed by atoms with E-state index in [1.165, 1.54) is 17.3 Å². The maximum atomic E-state index is 13.7. The molecule has 0 unspecified atom stereocenters. The molecule has 3 aromatic rings. The molecule has 0 aromatic heterocycles. The fraction of sp³-hybridized carbons (Fsp3) is 0.200. The van der Waals surface area contributed by atoms with Crippen LogP contribution < -0.4 is 9.80 Å². The van der Waals surface area contributed by atoms with Gasteiger partial charge in [-0.25, -0.2) is 4.99 Å². The molecule has 2 aliphatic heterocycles. The van der Waals surface area contributed by atoms with Gasteiger partial charge in [0.2, 0.25) is 0 Å². The summed E-state index contributed by atoms with van der Waals surface area (Å²) in [5.74, 6) is -0.113. The molecule has 0 saturated carbocycles. The first kappa shape index (κ1) is 24.4. The van der Waals surface area contributed by atoms with Crippen molar-refractivity contribution in [1.29, 1.82) is 0 Å². The molecule has 0 atom stereocenters. The predicted octanol–water partition coefficient (Wildman–Crippen LogP) is 8.17. The van der Waals surface area contributed by atoms with Crippen molar-refractivity contribution in [2.75, 3.05) is 16.3 Å². The van der Waals surface area contributed by atoms with Crippen LogP contribution in [0.4, 0.5) is 17.1 Å². The zero-order valence-corrected chi connectivity index (χ0v) is 22.4. The number of carbonyl (C=O) groups excluding carboxylic acids is 1. The largest absolute Gasteiger partial charge is 0.363 e. The number of hydrogen-bond acceptors (Lipinski definition) is 4. The second-order valence-corrected chi connectivity index (χ2v) is 10.8. The van der Waals surface area contributed by atoms with E-state index in [9.17, 15) is 4.79 Å². The van der Waals surface area contributed by atoms with Crippen molar-refractivity contribution in [3.63, 3.8) is 0 Å². The molecule has 2 aliphatic rings. The summed E-state index contributed by atoms with van der Waals surface area (Å²) in [4.78, 5) is 23.1. The Labute approximate surface area is 222 Å². The van der Waals surface area contributed by atoms with E-state index in [1.807, 2.05) is 72.8 Å². The van der Waals surface area contributed by atoms with Crippen molar-refractivity contribution < 1.29 is 4.79 Å². The molecule has 182 valence electrons. The van der Waals surface area contributed by atoms with Crippen LogP contribution in [-0.4, -0.2) is 23.2 Å². The maximum Gasteiger partial charge on any atom is 0.271 e. The number of rotatable bonds is 4. The Morgan fingerprint density at radius 3 is 2.36 bits per heavy atom. The number of carbonyl (C=O) groups is 1. The minimum absolute atomic E-state index is 0.0919. The number of allylic oxidation sites excluding steroid dienone is 1. The highest BCUT2D eigenvalue weighted by atomic mass is 35.5. The molecule has 1 fully saturated rings. The first-order valence-electron chi connectivity index (χ1n) is 12.0. The van der Waals surface area contributed by atoms with E-state index in [2.05, 4.69) is 44.7 Å². The fourth-order valence-corrected chi connectivity index (χ4v) is 6.12. The second kappa shape index (κ2) is 9.64. The minimum atomic E-state index is -0.113. The number of amidine groups is 1. The van der Waals surface area contributed by atoms with Gasteiger partial charge in [-0.05, 0) is 93.1 Å². The third-order valence-corrected chi connectivity index (χ3v) is 7.80. The SMILES string of the molecule is CCN1c2cc(Cl)c(/C=C3/SC(=Nc4ccccc4)N(c4ccccc4)C3=O)cc2C(C)=CC1(C)C. The number of thioether (sulfide) groups is 1. The molecular formula is C30H28ClN3OS. The van der Waals surface area contributed by atoms with E-state index in [0.717, 1.165) is 34.7 Å². The molecule has 2 heterocycles. The van der Waals surface area contributed by atoms with Crippen LogP contribution in [0.15, 0.2) is 88.8 Å². The zero-order chi connectivity index (χ0) is 25.4. The third kappa shape index (κ3) is 4.49. The number of likely N-dealkylation sites (N-methyl/N-ethyl adjacent to an activating group) is 1. The van der Waals surface area contributed by atoms with Gasteiger partial charge >= 0.3 is 0 Å². The van der Waals surface area contributed by atoms with Crippen LogP contribution in [0, 0.1) is 0 Å². The lowest BCUT2D eigenvalue weighted by Gasteiger charge is -2.43. The number of aliphatic imine (C=N–C) groups is 1. The summed E-state index contributed by atoms with van der Waals surface area (Å²) in [7, 11) is 0. The predicted molar refractivity (Wildman–Crippen MR) is 155 cm³/mol. The molecule has 3 aromatic carbocycles. The standard InChI is InChI=1S/C30H28ClN3OS/c1-5-33-26-18-25(31)21(16-24(26)20(2)19-30(33,3)4)17-27-28(35)34(23-14-10-7-11-15-23)29(36-27)32-22-12-8-6-9-13-22/h6-19H,5H2,1-4H3/b27-17+,32-29?. The second-order valence-electron chi connectivity index (χ2n) is 9.43. The fourth-order valence-electron chi connectivity index (χ4n) is 4.91. The number of fused-ring (bicyclic) bond motifs is 1. The normalized spacial score (nSPS) is 19.1. The highest BCUT2D eigenvalue weighted by Crippen LogP contribution is 2.43. The third-order valence-electron chi connectivity index (χ3n) is 6.50. The number of halogens is 1. The van der Waals surface area contributed by atoms with Crippen LogP contribution in [-0.2, 0) is 4.79 Å². The van der Waals surface area contributed by atoms with Crippen LogP contribution in [0.1, 0.15) is 38.8 Å². The molecule has 0 bridgehead atoms. The summed E-state index contributed by atoms with van der Waals surface area (Å²) in [6, 6.07) is 23.4. The van der Waals surface area contributed by atoms with Crippen LogP contribution in [0.25, 0.3) is 11.6 Å². The first-order valence-corrected chi connectivity index (χ1v) is 13.2. The van der Waals surface area contributed by atoms with Gasteiger partial charge < -0.3 is 4.90 Å². The first-order chi connectivity index (χ1) is 17.3. The van der Waals surface area contributed by atoms with Crippen molar-refractivity contribution in [2.24, 2.45) is 4.99 Å². The van der Waals surface area contributed by atoms with Crippen molar-refractivity contribution in [2.45, 2.75) is 33.2 Å². The van der Waals surface area contributed by atoms with Crippen molar-refractivity contribution in [3.05, 3.63) is 99.9 Å². The number of amides is 1. The Morgan fingerprint density at radius 2 is 1.69 bits per heavy atom. The molecule has 0 aliphatic carbocycles. The highest BCUT2D eigenvalue weighted by molar-refractivity contribution is 8.19. The van der Waals surface area contributed by atoms with Gasteiger partial charge in [0.1, 0.15) is 0 Å². The van der Waals surface area contributed by atoms with E-state index in [4.69, 9.17) is 16.6 Å². The monoisotopic (exact) mass is 513 g/mol. The Morgan fingerprint density at radius 1 is 1.03 bits per heavy atom. The van der Waals surface area contributed by atoms with Crippen LogP contribution >= 0.6 is 23.4 Å². The van der Waals surface area contributed by atoms with Crippen LogP contribution in [0.2, 0.25) is 5.02 Å². The Bertz CT molecular complexity index is 1410. The lowest BCUT2D eigenvalue weighted by molar-refractivity contribution is -0.113. The number of anilines is 2. The molecule has 0 spiro atoms. The molecular weight excluding hydrogens is 486 g/mol. The summed E-state index contributed by atoms with van der Waals surface area (Å²) in [5.41, 5.74) is 5.78. The number of hydrogen-bond donors (Lipinski definition) is 0. The van der Waals surface area contributed by atoms with Crippen LogP contribution in [0.3, 0.4) is 0 Å². The lowest BCUT2D eigenvalue weighted by atomic mass is 9.88. The average molecular weight is 514 g/mol. The van der Waals surface area contributed by atoms with Crippen molar-refractivity contribution in [1.82, 2.24) is 0 Å². The van der Waals surface area contributed by atoms with E-state index >= 15 is 0 Å². The van der Waals surface area contributed by atoms with Gasteiger partial charge in [-0.15, -0.1) is 0 Å².